The molecule has 0 radical (unpaired) electrons. The Morgan fingerprint density at radius 3 is 2.70 bits per heavy atom. The number of carbonyl (C=O) groups excluding carboxylic acids is 1. The molecule has 7 rings (SSSR count). The Labute approximate surface area is 254 Å². The molecule has 9 atom stereocenters. The van der Waals surface area contributed by atoms with Crippen LogP contribution in [0.1, 0.15) is 63.6 Å². The molecule has 10 nitrogen and oxygen atoms in total. The number of hydrogen-bond donors (Lipinski definition) is 2. The number of nitrogens with zero attached hydrogens (tertiary/aromatic N) is 2. The van der Waals surface area contributed by atoms with Crippen molar-refractivity contribution in [3.63, 3.8) is 0 Å². The predicted molar refractivity (Wildman–Crippen MR) is 160 cm³/mol. The van der Waals surface area contributed by atoms with Crippen molar-refractivity contribution >= 4 is 17.0 Å². The minimum atomic E-state index is -0.653. The van der Waals surface area contributed by atoms with Gasteiger partial charge in [0.2, 0.25) is 6.29 Å². The molecule has 3 saturated heterocycles. The van der Waals surface area contributed by atoms with Gasteiger partial charge in [-0.1, -0.05) is 20.3 Å². The molecule has 2 N–H and O–H groups in total. The summed E-state index contributed by atoms with van der Waals surface area (Å²) in [6.45, 7) is 10.7. The van der Waals surface area contributed by atoms with Crippen LogP contribution in [-0.2, 0) is 25.4 Å². The van der Waals surface area contributed by atoms with Gasteiger partial charge < -0.3 is 33.9 Å². The predicted octanol–water partition coefficient (Wildman–Crippen LogP) is 3.92. The molecular weight excluding hydrogens is 552 g/mol. The first-order valence-corrected chi connectivity index (χ1v) is 16.3. The van der Waals surface area contributed by atoms with Gasteiger partial charge in [0.15, 0.2) is 0 Å². The van der Waals surface area contributed by atoms with Gasteiger partial charge in [-0.15, -0.1) is 0 Å². The summed E-state index contributed by atoms with van der Waals surface area (Å²) in [6, 6.07) is 6.22. The third-order valence-electron chi connectivity index (χ3n) is 10.3. The molecule has 1 aromatic carbocycles. The molecule has 4 aliphatic heterocycles. The van der Waals surface area contributed by atoms with Crippen LogP contribution in [0.15, 0.2) is 18.2 Å². The second-order valence-electron chi connectivity index (χ2n) is 12.7. The van der Waals surface area contributed by atoms with E-state index in [-0.39, 0.29) is 25.2 Å². The molecular formula is C33H48N2O8. The van der Waals surface area contributed by atoms with Gasteiger partial charge in [0, 0.05) is 55.6 Å². The maximum Gasteiger partial charge on any atom is 0.418 e. The third-order valence-corrected chi connectivity index (χ3v) is 10.3. The average Bonchev–Trinajstić information content (AvgIpc) is 3.27. The van der Waals surface area contributed by atoms with Crippen LogP contribution < -0.4 is 4.74 Å². The normalized spacial score (nSPS) is 33.3. The molecule has 9 unspecified atom stereocenters. The number of piperidine rings is 2. The molecule has 4 fully saturated rings. The van der Waals surface area contributed by atoms with E-state index in [1.165, 1.54) is 5.56 Å². The summed E-state index contributed by atoms with van der Waals surface area (Å²) >= 11 is 0. The lowest BCUT2D eigenvalue weighted by Gasteiger charge is -2.56. The highest BCUT2D eigenvalue weighted by molar-refractivity contribution is 5.95. The lowest BCUT2D eigenvalue weighted by molar-refractivity contribution is -0.184. The molecule has 43 heavy (non-hydrogen) atoms. The first-order valence-electron chi connectivity index (χ1n) is 16.3. The number of carbonyl (C=O) groups is 1. The highest BCUT2D eigenvalue weighted by Crippen LogP contribution is 2.54. The van der Waals surface area contributed by atoms with Crippen molar-refractivity contribution in [2.75, 3.05) is 52.7 Å². The van der Waals surface area contributed by atoms with Gasteiger partial charge >= 0.3 is 6.09 Å². The standard InChI is InChI=1S/C33H48N2O8/c1-4-25-20(3)21-14-28-31(25)34(18-21)9-8-26-27-17-23(42-30-16-22(37)15-24(19-36)43-30)6-7-29(27)35(32(26)28)33(38)41-13-12-40-11-10-39-5-2/h6-7,17,20-22,24-25,28,30-31,36-37H,4-5,8-16,18-19H2,1-3H3. The first-order chi connectivity index (χ1) is 20.9. The summed E-state index contributed by atoms with van der Waals surface area (Å²) in [5.41, 5.74) is 3.13. The fourth-order valence-corrected chi connectivity index (χ4v) is 8.40. The van der Waals surface area contributed by atoms with Crippen molar-refractivity contribution in [1.29, 1.82) is 0 Å². The number of rotatable bonds is 11. The summed E-state index contributed by atoms with van der Waals surface area (Å²) in [5.74, 6) is 2.76. The van der Waals surface area contributed by atoms with Gasteiger partial charge in [0.05, 0.1) is 44.2 Å². The van der Waals surface area contributed by atoms with Crippen LogP contribution in [0, 0.1) is 17.8 Å². The Kier molecular flexibility index (Phi) is 9.61. The SMILES string of the molecule is CCOCCOCCOC(=O)n1c2c(c3cc(OC4CC(O)CC(CO)O4)ccc31)CCN1CC3CC2C1C(CC)C3C. The van der Waals surface area contributed by atoms with E-state index in [1.807, 2.05) is 29.7 Å². The second-order valence-corrected chi connectivity index (χ2v) is 12.7. The van der Waals surface area contributed by atoms with E-state index in [4.69, 9.17) is 23.7 Å². The number of aliphatic hydroxyl groups is 2. The monoisotopic (exact) mass is 600 g/mol. The molecule has 5 heterocycles. The van der Waals surface area contributed by atoms with E-state index in [0.29, 0.717) is 68.8 Å². The van der Waals surface area contributed by atoms with Gasteiger partial charge in [-0.2, -0.15) is 0 Å². The second kappa shape index (κ2) is 13.4. The molecule has 2 aromatic rings. The molecule has 4 bridgehead atoms. The van der Waals surface area contributed by atoms with Crippen LogP contribution in [-0.4, -0.2) is 103 Å². The molecule has 0 amide bonds. The molecule has 0 spiro atoms. The zero-order valence-corrected chi connectivity index (χ0v) is 25.8. The maximum absolute atomic E-state index is 13.9. The topological polar surface area (TPSA) is 112 Å². The van der Waals surface area contributed by atoms with Gasteiger partial charge in [-0.25, -0.2) is 9.36 Å². The molecule has 10 heteroatoms. The number of fused-ring (bicyclic) bond motifs is 4. The number of aromatic nitrogens is 1. The van der Waals surface area contributed by atoms with Crippen LogP contribution in [0.2, 0.25) is 0 Å². The molecule has 1 saturated carbocycles. The van der Waals surface area contributed by atoms with Crippen molar-refractivity contribution in [3.8, 4) is 5.75 Å². The minimum absolute atomic E-state index is 0.163. The smallest absolute Gasteiger partial charge is 0.418 e. The van der Waals surface area contributed by atoms with E-state index >= 15 is 0 Å². The van der Waals surface area contributed by atoms with Crippen molar-refractivity contribution in [3.05, 3.63) is 29.5 Å². The van der Waals surface area contributed by atoms with E-state index in [2.05, 4.69) is 18.7 Å². The third kappa shape index (κ3) is 6.07. The Hall–Kier alpha value is -2.21. The van der Waals surface area contributed by atoms with Crippen LogP contribution in [0.5, 0.6) is 5.75 Å². The van der Waals surface area contributed by atoms with Crippen molar-refractivity contribution in [1.82, 2.24) is 9.47 Å². The van der Waals surface area contributed by atoms with Gasteiger partial charge in [0.1, 0.15) is 12.4 Å². The number of hydrogen-bond acceptors (Lipinski definition) is 9. The number of ether oxygens (including phenoxy) is 5. The van der Waals surface area contributed by atoms with Crippen molar-refractivity contribution < 1.29 is 38.7 Å². The molecule has 1 aromatic heterocycles. The Morgan fingerprint density at radius 2 is 1.91 bits per heavy atom. The minimum Gasteiger partial charge on any atom is -0.465 e. The summed E-state index contributed by atoms with van der Waals surface area (Å²) in [5, 5.41) is 20.9. The van der Waals surface area contributed by atoms with Crippen molar-refractivity contribution in [2.45, 2.75) is 83.3 Å². The number of aliphatic hydroxyl groups excluding tert-OH is 2. The van der Waals surface area contributed by atoms with Crippen LogP contribution in [0.25, 0.3) is 10.9 Å². The Bertz CT molecular complexity index is 1270. The van der Waals surface area contributed by atoms with E-state index in [0.717, 1.165) is 48.9 Å². The van der Waals surface area contributed by atoms with E-state index < -0.39 is 18.5 Å². The van der Waals surface area contributed by atoms with Crippen LogP contribution in [0.3, 0.4) is 0 Å². The summed E-state index contributed by atoms with van der Waals surface area (Å²) in [7, 11) is 0. The van der Waals surface area contributed by atoms with E-state index in [1.54, 1.807) is 0 Å². The van der Waals surface area contributed by atoms with Gasteiger partial charge in [-0.05, 0) is 61.3 Å². The van der Waals surface area contributed by atoms with Gasteiger partial charge in [-0.3, -0.25) is 4.90 Å². The Morgan fingerprint density at radius 1 is 1.09 bits per heavy atom. The van der Waals surface area contributed by atoms with Gasteiger partial charge in [0.25, 0.3) is 0 Å². The fraction of sp³-hybridized carbons (Fsp3) is 0.727. The molecule has 238 valence electrons. The average molecular weight is 601 g/mol. The van der Waals surface area contributed by atoms with E-state index in [9.17, 15) is 15.0 Å². The lowest BCUT2D eigenvalue weighted by Crippen LogP contribution is -2.59. The summed E-state index contributed by atoms with van der Waals surface area (Å²) in [4.78, 5) is 16.6. The van der Waals surface area contributed by atoms with Crippen LogP contribution >= 0.6 is 0 Å². The zero-order valence-electron chi connectivity index (χ0n) is 25.8. The zero-order chi connectivity index (χ0) is 30.1. The fourth-order valence-electron chi connectivity index (χ4n) is 8.40. The quantitative estimate of drug-likeness (QED) is 0.371. The van der Waals surface area contributed by atoms with Crippen LogP contribution in [0.4, 0.5) is 4.79 Å². The molecule has 5 aliphatic rings. The number of benzene rings is 1. The Balaban J connectivity index is 1.32. The first kappa shape index (κ1) is 30.8. The molecule has 1 aliphatic carbocycles. The maximum atomic E-state index is 13.9. The largest absolute Gasteiger partial charge is 0.465 e. The highest BCUT2D eigenvalue weighted by Gasteiger charge is 2.53. The lowest BCUT2D eigenvalue weighted by atomic mass is 9.60. The summed E-state index contributed by atoms with van der Waals surface area (Å²) in [6.07, 6.45) is 1.73. The highest BCUT2D eigenvalue weighted by atomic mass is 16.7. The van der Waals surface area contributed by atoms with Crippen molar-refractivity contribution in [2.24, 2.45) is 17.8 Å². The summed E-state index contributed by atoms with van der Waals surface area (Å²) < 4.78 is 30.7.